The molecular formula is C12H17N3OS. The van der Waals surface area contributed by atoms with Crippen LogP contribution in [0.1, 0.15) is 18.5 Å². The largest absolute Gasteiger partial charge is 0.399 e. The van der Waals surface area contributed by atoms with Gasteiger partial charge in [-0.05, 0) is 25.0 Å². The van der Waals surface area contributed by atoms with Crippen LogP contribution in [0.15, 0.2) is 18.3 Å². The molecule has 1 aromatic heterocycles. The molecule has 1 saturated heterocycles. The normalized spacial score (nSPS) is 15.2. The molecule has 0 saturated carbocycles. The predicted octanol–water partition coefficient (Wildman–Crippen LogP) is 1.52. The number of nitrogens with two attached hydrogens (primary N) is 1. The van der Waals surface area contributed by atoms with Crippen molar-refractivity contribution >= 4 is 23.4 Å². The molecule has 0 unspecified atom stereocenters. The lowest BCUT2D eigenvalue weighted by molar-refractivity contribution is -0.127. The fourth-order valence-electron chi connectivity index (χ4n) is 1.88. The highest BCUT2D eigenvalue weighted by Crippen LogP contribution is 2.15. The molecular weight excluding hydrogens is 234 g/mol. The van der Waals surface area contributed by atoms with Gasteiger partial charge in [0.25, 0.3) is 0 Å². The van der Waals surface area contributed by atoms with Crippen molar-refractivity contribution < 1.29 is 4.79 Å². The molecule has 92 valence electrons. The Balaban J connectivity index is 1.73. The van der Waals surface area contributed by atoms with Crippen LogP contribution in [0, 0.1) is 0 Å². The van der Waals surface area contributed by atoms with Crippen molar-refractivity contribution in [2.24, 2.45) is 0 Å². The summed E-state index contributed by atoms with van der Waals surface area (Å²) in [7, 11) is 0. The number of anilines is 1. The fourth-order valence-corrected chi connectivity index (χ4v) is 2.70. The maximum absolute atomic E-state index is 11.8. The number of carbonyl (C=O) groups excluding carboxylic acids is 1. The third kappa shape index (κ3) is 3.63. The van der Waals surface area contributed by atoms with E-state index in [1.807, 2.05) is 11.0 Å². The van der Waals surface area contributed by atoms with Crippen LogP contribution in [-0.2, 0) is 10.5 Å². The van der Waals surface area contributed by atoms with E-state index < -0.39 is 0 Å². The number of amides is 1. The van der Waals surface area contributed by atoms with Gasteiger partial charge < -0.3 is 10.6 Å². The molecule has 0 atom stereocenters. The smallest absolute Gasteiger partial charge is 0.232 e. The molecule has 5 heteroatoms. The first-order valence-electron chi connectivity index (χ1n) is 5.81. The first-order chi connectivity index (χ1) is 8.25. The van der Waals surface area contributed by atoms with E-state index in [-0.39, 0.29) is 5.91 Å². The zero-order valence-corrected chi connectivity index (χ0v) is 10.6. The summed E-state index contributed by atoms with van der Waals surface area (Å²) in [5.41, 5.74) is 7.32. The van der Waals surface area contributed by atoms with E-state index in [0.717, 1.165) is 43.1 Å². The summed E-state index contributed by atoms with van der Waals surface area (Å²) in [5, 5.41) is 0. The highest BCUT2D eigenvalue weighted by molar-refractivity contribution is 7.99. The van der Waals surface area contributed by atoms with Crippen LogP contribution in [0.2, 0.25) is 0 Å². The van der Waals surface area contributed by atoms with Gasteiger partial charge in [0.05, 0.1) is 11.4 Å². The predicted molar refractivity (Wildman–Crippen MR) is 70.6 cm³/mol. The molecule has 1 aliphatic rings. The summed E-state index contributed by atoms with van der Waals surface area (Å²) in [6.45, 7) is 1.85. The second kappa shape index (κ2) is 5.91. The Kier molecular flexibility index (Phi) is 4.25. The Morgan fingerprint density at radius 2 is 2.24 bits per heavy atom. The van der Waals surface area contributed by atoms with Crippen LogP contribution >= 0.6 is 11.8 Å². The molecule has 4 nitrogen and oxygen atoms in total. The van der Waals surface area contributed by atoms with Crippen molar-refractivity contribution in [3.05, 3.63) is 24.0 Å². The molecule has 17 heavy (non-hydrogen) atoms. The fraction of sp³-hybridized carbons (Fsp3) is 0.500. The third-order valence-electron chi connectivity index (χ3n) is 2.77. The van der Waals surface area contributed by atoms with Gasteiger partial charge in [-0.15, -0.1) is 11.8 Å². The molecule has 0 spiro atoms. The molecule has 1 fully saturated rings. The van der Waals surface area contributed by atoms with Crippen LogP contribution in [0.4, 0.5) is 5.69 Å². The van der Waals surface area contributed by atoms with Gasteiger partial charge >= 0.3 is 0 Å². The Hall–Kier alpha value is -1.23. The maximum Gasteiger partial charge on any atom is 0.232 e. The highest BCUT2D eigenvalue weighted by atomic mass is 32.2. The first kappa shape index (κ1) is 12.2. The summed E-state index contributed by atoms with van der Waals surface area (Å²) >= 11 is 1.60. The monoisotopic (exact) mass is 251 g/mol. The Morgan fingerprint density at radius 3 is 2.94 bits per heavy atom. The van der Waals surface area contributed by atoms with Crippen LogP contribution < -0.4 is 5.73 Å². The molecule has 2 N–H and O–H groups in total. The van der Waals surface area contributed by atoms with Gasteiger partial charge in [0.15, 0.2) is 0 Å². The lowest BCUT2D eigenvalue weighted by Gasteiger charge is -2.14. The molecule has 2 rings (SSSR count). The second-order valence-electron chi connectivity index (χ2n) is 4.16. The molecule has 0 bridgehead atoms. The Bertz CT molecular complexity index is 391. The van der Waals surface area contributed by atoms with Crippen molar-refractivity contribution in [3.63, 3.8) is 0 Å². The average molecular weight is 251 g/mol. The summed E-state index contributed by atoms with van der Waals surface area (Å²) in [5.74, 6) is 1.53. The van der Waals surface area contributed by atoms with E-state index in [9.17, 15) is 4.79 Å². The summed E-state index contributed by atoms with van der Waals surface area (Å²) in [4.78, 5) is 17.9. The standard InChI is InChI=1S/C12H17N3OS/c13-10-3-4-14-11(7-10)8-17-9-12(16)15-5-1-2-6-15/h3-4,7H,1-2,5-6,8-9H2,(H2,13,14). The van der Waals surface area contributed by atoms with Gasteiger partial charge in [-0.2, -0.15) is 0 Å². The molecule has 1 aromatic rings. The van der Waals surface area contributed by atoms with Crippen LogP contribution in [-0.4, -0.2) is 34.6 Å². The van der Waals surface area contributed by atoms with Gasteiger partial charge in [0.1, 0.15) is 0 Å². The number of hydrogen-bond acceptors (Lipinski definition) is 4. The highest BCUT2D eigenvalue weighted by Gasteiger charge is 2.17. The number of nitrogens with zero attached hydrogens (tertiary/aromatic N) is 2. The third-order valence-corrected chi connectivity index (χ3v) is 3.73. The topological polar surface area (TPSA) is 59.2 Å². The SMILES string of the molecule is Nc1ccnc(CSCC(=O)N2CCCC2)c1. The number of aromatic nitrogens is 1. The van der Waals surface area contributed by atoms with Crippen molar-refractivity contribution in [2.75, 3.05) is 24.6 Å². The van der Waals surface area contributed by atoms with Crippen molar-refractivity contribution in [1.82, 2.24) is 9.88 Å². The number of pyridine rings is 1. The lowest BCUT2D eigenvalue weighted by atomic mass is 10.3. The van der Waals surface area contributed by atoms with Gasteiger partial charge in [-0.3, -0.25) is 9.78 Å². The van der Waals surface area contributed by atoms with Crippen LogP contribution in [0.5, 0.6) is 0 Å². The maximum atomic E-state index is 11.8. The quantitative estimate of drug-likeness (QED) is 0.881. The zero-order valence-electron chi connectivity index (χ0n) is 9.76. The number of thioether (sulfide) groups is 1. The van der Waals surface area contributed by atoms with E-state index in [2.05, 4.69) is 4.98 Å². The number of rotatable bonds is 4. The average Bonchev–Trinajstić information content (AvgIpc) is 2.82. The van der Waals surface area contributed by atoms with E-state index in [0.29, 0.717) is 5.75 Å². The summed E-state index contributed by atoms with van der Waals surface area (Å²) in [6.07, 6.45) is 3.99. The molecule has 2 heterocycles. The number of hydrogen-bond donors (Lipinski definition) is 1. The minimum Gasteiger partial charge on any atom is -0.399 e. The minimum absolute atomic E-state index is 0.247. The van der Waals surface area contributed by atoms with Gasteiger partial charge in [-0.1, -0.05) is 0 Å². The van der Waals surface area contributed by atoms with Gasteiger partial charge in [0.2, 0.25) is 5.91 Å². The molecule has 0 aromatic carbocycles. The van der Waals surface area contributed by atoms with E-state index >= 15 is 0 Å². The second-order valence-corrected chi connectivity index (χ2v) is 5.15. The molecule has 1 aliphatic heterocycles. The van der Waals surface area contributed by atoms with E-state index in [1.165, 1.54) is 0 Å². The van der Waals surface area contributed by atoms with Crippen molar-refractivity contribution in [1.29, 1.82) is 0 Å². The van der Waals surface area contributed by atoms with Crippen LogP contribution in [0.25, 0.3) is 0 Å². The molecule has 1 amide bonds. The Labute approximate surface area is 106 Å². The van der Waals surface area contributed by atoms with E-state index in [4.69, 9.17) is 5.73 Å². The Morgan fingerprint density at radius 1 is 1.47 bits per heavy atom. The minimum atomic E-state index is 0.247. The van der Waals surface area contributed by atoms with Crippen LogP contribution in [0.3, 0.4) is 0 Å². The summed E-state index contributed by atoms with van der Waals surface area (Å²) < 4.78 is 0. The van der Waals surface area contributed by atoms with Crippen molar-refractivity contribution in [3.8, 4) is 0 Å². The molecule has 0 aliphatic carbocycles. The number of nitrogen functional groups attached to an aromatic ring is 1. The molecule has 0 radical (unpaired) electrons. The first-order valence-corrected chi connectivity index (χ1v) is 6.97. The number of likely N-dealkylation sites (tertiary alicyclic amines) is 1. The lowest BCUT2D eigenvalue weighted by Crippen LogP contribution is -2.29. The van der Waals surface area contributed by atoms with Gasteiger partial charge in [0, 0.05) is 30.7 Å². The van der Waals surface area contributed by atoms with Crippen molar-refractivity contribution in [2.45, 2.75) is 18.6 Å². The zero-order chi connectivity index (χ0) is 12.1. The van der Waals surface area contributed by atoms with Gasteiger partial charge in [-0.25, -0.2) is 0 Å². The number of carbonyl (C=O) groups is 1. The summed E-state index contributed by atoms with van der Waals surface area (Å²) in [6, 6.07) is 3.62. The van der Waals surface area contributed by atoms with E-state index in [1.54, 1.807) is 24.0 Å².